The first-order valence-corrected chi connectivity index (χ1v) is 8.48. The monoisotopic (exact) mass is 348 g/mol. The molecular formula is C16H10F2N2OS2. The van der Waals surface area contributed by atoms with Crippen LogP contribution < -0.4 is 0 Å². The Balaban J connectivity index is 1.85. The summed E-state index contributed by atoms with van der Waals surface area (Å²) in [6, 6.07) is 13.0. The molecule has 0 saturated carbocycles. The van der Waals surface area contributed by atoms with Crippen LogP contribution in [0, 0.1) is 11.3 Å². The first-order valence-electron chi connectivity index (χ1n) is 6.62. The fraction of sp³-hybridized carbons (Fsp3) is 0.125. The lowest BCUT2D eigenvalue weighted by Crippen LogP contribution is -1.83. The van der Waals surface area contributed by atoms with Crippen molar-refractivity contribution in [3.05, 3.63) is 52.9 Å². The van der Waals surface area contributed by atoms with E-state index in [1.54, 1.807) is 18.2 Å². The van der Waals surface area contributed by atoms with Gasteiger partial charge >= 0.3 is 0 Å². The van der Waals surface area contributed by atoms with Gasteiger partial charge < -0.3 is 4.42 Å². The number of nitriles is 1. The fourth-order valence-corrected chi connectivity index (χ4v) is 3.34. The largest absolute Gasteiger partial charge is 0.461 e. The Morgan fingerprint density at radius 3 is 2.91 bits per heavy atom. The number of thioether (sulfide) groups is 1. The van der Waals surface area contributed by atoms with Crippen molar-refractivity contribution in [1.29, 1.82) is 5.26 Å². The molecule has 0 aliphatic rings. The summed E-state index contributed by atoms with van der Waals surface area (Å²) in [5.41, 5.74) is 1.22. The standard InChI is InChI=1S/C16H10F2N2OS2/c17-16(18)22-9-12-6-5-11(21-12)7-10(8-19)15-20-13-3-1-2-4-14(13)23-15/h1-7,16H,9H2/b10-7+. The van der Waals surface area contributed by atoms with Crippen molar-refractivity contribution in [2.45, 2.75) is 11.5 Å². The molecular weight excluding hydrogens is 338 g/mol. The number of aromatic nitrogens is 1. The summed E-state index contributed by atoms with van der Waals surface area (Å²) in [6.45, 7) is 0. The van der Waals surface area contributed by atoms with Gasteiger partial charge in [-0.1, -0.05) is 23.9 Å². The van der Waals surface area contributed by atoms with Gasteiger partial charge in [0.05, 0.1) is 21.5 Å². The highest BCUT2D eigenvalue weighted by Gasteiger charge is 2.11. The number of halogens is 2. The van der Waals surface area contributed by atoms with Gasteiger partial charge in [-0.25, -0.2) is 4.98 Å². The summed E-state index contributed by atoms with van der Waals surface area (Å²) < 4.78 is 30.8. The van der Waals surface area contributed by atoms with Crippen LogP contribution in [-0.4, -0.2) is 10.7 Å². The summed E-state index contributed by atoms with van der Waals surface area (Å²) in [7, 11) is 0. The summed E-state index contributed by atoms with van der Waals surface area (Å²) in [5.74, 6) is -1.44. The van der Waals surface area contributed by atoms with E-state index in [2.05, 4.69) is 11.1 Å². The van der Waals surface area contributed by atoms with Gasteiger partial charge in [0.25, 0.3) is 5.76 Å². The number of alkyl halides is 2. The Labute approximate surface area is 139 Å². The van der Waals surface area contributed by atoms with Crippen LogP contribution in [0.25, 0.3) is 21.9 Å². The highest BCUT2D eigenvalue weighted by Crippen LogP contribution is 2.29. The molecule has 3 rings (SSSR count). The predicted octanol–water partition coefficient (Wildman–Crippen LogP) is 5.41. The summed E-state index contributed by atoms with van der Waals surface area (Å²) in [6.07, 6.45) is 1.58. The highest BCUT2D eigenvalue weighted by molar-refractivity contribution is 7.98. The van der Waals surface area contributed by atoms with Gasteiger partial charge in [0.1, 0.15) is 22.6 Å². The van der Waals surface area contributed by atoms with E-state index in [1.165, 1.54) is 11.3 Å². The molecule has 0 aliphatic heterocycles. The van der Waals surface area contributed by atoms with Crippen LogP contribution in [-0.2, 0) is 5.75 Å². The Bertz CT molecular complexity index is 860. The van der Waals surface area contributed by atoms with Gasteiger partial charge in [-0.15, -0.1) is 11.3 Å². The van der Waals surface area contributed by atoms with Gasteiger partial charge in [0.2, 0.25) is 0 Å². The average molecular weight is 348 g/mol. The molecule has 2 heterocycles. The molecule has 0 saturated heterocycles. The summed E-state index contributed by atoms with van der Waals surface area (Å²) in [5, 5.41) is 9.96. The second-order valence-corrected chi connectivity index (χ2v) is 6.54. The fourth-order valence-electron chi connectivity index (χ4n) is 1.97. The van der Waals surface area contributed by atoms with Crippen LogP contribution in [0.2, 0.25) is 0 Å². The lowest BCUT2D eigenvalue weighted by molar-refractivity contribution is 0.251. The van der Waals surface area contributed by atoms with Crippen LogP contribution in [0.4, 0.5) is 8.78 Å². The zero-order chi connectivity index (χ0) is 16.2. The molecule has 0 fully saturated rings. The molecule has 0 unspecified atom stereocenters. The SMILES string of the molecule is N#C/C(=C\c1ccc(CSC(F)F)o1)c1nc2ccccc2s1. The molecule has 0 aliphatic carbocycles. The number of fused-ring (bicyclic) bond motifs is 1. The minimum absolute atomic E-state index is 0.0918. The molecule has 2 aromatic heterocycles. The Morgan fingerprint density at radius 1 is 1.35 bits per heavy atom. The van der Waals surface area contributed by atoms with Crippen LogP contribution in [0.15, 0.2) is 40.8 Å². The maximum atomic E-state index is 12.2. The van der Waals surface area contributed by atoms with E-state index < -0.39 is 5.76 Å². The first kappa shape index (κ1) is 15.7. The second-order valence-electron chi connectivity index (χ2n) is 4.53. The number of hydrogen-bond donors (Lipinski definition) is 0. The topological polar surface area (TPSA) is 49.8 Å². The molecule has 1 aromatic carbocycles. The third-order valence-corrected chi connectivity index (χ3v) is 4.74. The molecule has 0 spiro atoms. The number of para-hydroxylation sites is 1. The van der Waals surface area contributed by atoms with Crippen LogP contribution in [0.5, 0.6) is 0 Å². The van der Waals surface area contributed by atoms with Crippen molar-refractivity contribution in [2.24, 2.45) is 0 Å². The number of rotatable bonds is 5. The number of thiazole rings is 1. The summed E-state index contributed by atoms with van der Waals surface area (Å²) in [4.78, 5) is 4.43. The number of furan rings is 1. The van der Waals surface area contributed by atoms with Crippen molar-refractivity contribution in [1.82, 2.24) is 4.98 Å². The van der Waals surface area contributed by atoms with E-state index in [4.69, 9.17) is 4.42 Å². The van der Waals surface area contributed by atoms with Gasteiger partial charge in [0, 0.05) is 6.08 Å². The number of allylic oxidation sites excluding steroid dienone is 1. The molecule has 0 atom stereocenters. The molecule has 0 bridgehead atoms. The molecule has 7 heteroatoms. The highest BCUT2D eigenvalue weighted by atomic mass is 32.2. The van der Waals surface area contributed by atoms with E-state index in [-0.39, 0.29) is 5.75 Å². The minimum atomic E-state index is -2.43. The zero-order valence-electron chi connectivity index (χ0n) is 11.7. The van der Waals surface area contributed by atoms with Crippen molar-refractivity contribution in [2.75, 3.05) is 0 Å². The van der Waals surface area contributed by atoms with E-state index in [1.807, 2.05) is 24.3 Å². The predicted molar refractivity (Wildman–Crippen MR) is 89.1 cm³/mol. The van der Waals surface area contributed by atoms with E-state index >= 15 is 0 Å². The van der Waals surface area contributed by atoms with E-state index in [0.717, 1.165) is 10.2 Å². The molecule has 3 aromatic rings. The number of benzene rings is 1. The third-order valence-electron chi connectivity index (χ3n) is 2.97. The first-order chi connectivity index (χ1) is 11.2. The molecule has 23 heavy (non-hydrogen) atoms. The Hall–Kier alpha value is -2.17. The molecule has 116 valence electrons. The lowest BCUT2D eigenvalue weighted by Gasteiger charge is -1.95. The van der Waals surface area contributed by atoms with Crippen molar-refractivity contribution in [3.63, 3.8) is 0 Å². The van der Waals surface area contributed by atoms with E-state index in [0.29, 0.717) is 33.9 Å². The van der Waals surface area contributed by atoms with Crippen molar-refractivity contribution >= 4 is 45.0 Å². The van der Waals surface area contributed by atoms with E-state index in [9.17, 15) is 14.0 Å². The lowest BCUT2D eigenvalue weighted by atomic mass is 10.2. The zero-order valence-corrected chi connectivity index (χ0v) is 13.3. The Kier molecular flexibility index (Phi) is 4.74. The molecule has 3 nitrogen and oxygen atoms in total. The third kappa shape index (κ3) is 3.78. The van der Waals surface area contributed by atoms with Gasteiger partial charge in [-0.05, 0) is 24.3 Å². The van der Waals surface area contributed by atoms with Gasteiger partial charge in [-0.3, -0.25) is 0 Å². The minimum Gasteiger partial charge on any atom is -0.461 e. The number of nitrogens with zero attached hydrogens (tertiary/aromatic N) is 2. The van der Waals surface area contributed by atoms with Gasteiger partial charge in [-0.2, -0.15) is 14.0 Å². The van der Waals surface area contributed by atoms with Gasteiger partial charge in [0.15, 0.2) is 0 Å². The smallest absolute Gasteiger partial charge is 0.284 e. The molecule has 0 N–H and O–H groups in total. The van der Waals surface area contributed by atoms with Crippen LogP contribution in [0.3, 0.4) is 0 Å². The Morgan fingerprint density at radius 2 is 2.17 bits per heavy atom. The number of hydrogen-bond acceptors (Lipinski definition) is 5. The second kappa shape index (κ2) is 6.94. The quantitative estimate of drug-likeness (QED) is 0.579. The van der Waals surface area contributed by atoms with Crippen LogP contribution >= 0.6 is 23.1 Å². The average Bonchev–Trinajstić information content (AvgIpc) is 3.16. The molecule has 0 radical (unpaired) electrons. The van der Waals surface area contributed by atoms with Crippen molar-refractivity contribution in [3.8, 4) is 6.07 Å². The van der Waals surface area contributed by atoms with Crippen molar-refractivity contribution < 1.29 is 13.2 Å². The summed E-state index contributed by atoms with van der Waals surface area (Å²) >= 11 is 1.92. The molecule has 0 amide bonds. The maximum Gasteiger partial charge on any atom is 0.284 e. The maximum absolute atomic E-state index is 12.2. The normalized spacial score (nSPS) is 12.0. The van der Waals surface area contributed by atoms with Crippen LogP contribution in [0.1, 0.15) is 16.5 Å².